The SMILES string of the molecule is O=C(NCCOC1CCCC1)c1cscn1. The summed E-state index contributed by atoms with van der Waals surface area (Å²) < 4.78 is 5.64. The molecule has 1 saturated carbocycles. The predicted molar refractivity (Wildman–Crippen MR) is 62.7 cm³/mol. The highest BCUT2D eigenvalue weighted by Gasteiger charge is 2.15. The van der Waals surface area contributed by atoms with Crippen LogP contribution in [0.15, 0.2) is 10.9 Å². The maximum Gasteiger partial charge on any atom is 0.270 e. The van der Waals surface area contributed by atoms with Crippen LogP contribution in [0.25, 0.3) is 0 Å². The molecule has 5 heteroatoms. The van der Waals surface area contributed by atoms with Gasteiger partial charge in [-0.05, 0) is 12.8 Å². The van der Waals surface area contributed by atoms with Crippen LogP contribution in [0.3, 0.4) is 0 Å². The first-order valence-electron chi connectivity index (χ1n) is 5.64. The van der Waals surface area contributed by atoms with Crippen LogP contribution in [0.5, 0.6) is 0 Å². The van der Waals surface area contributed by atoms with Crippen molar-refractivity contribution in [2.75, 3.05) is 13.2 Å². The molecule has 0 bridgehead atoms. The number of nitrogens with one attached hydrogen (secondary N) is 1. The third-order valence-corrected chi connectivity index (χ3v) is 3.29. The van der Waals surface area contributed by atoms with Gasteiger partial charge in [0.15, 0.2) is 0 Å². The predicted octanol–water partition coefficient (Wildman–Crippen LogP) is 1.83. The van der Waals surface area contributed by atoms with Crippen LogP contribution < -0.4 is 5.32 Å². The molecule has 2 rings (SSSR count). The Morgan fingerprint density at radius 2 is 2.38 bits per heavy atom. The van der Waals surface area contributed by atoms with Crippen molar-refractivity contribution in [1.82, 2.24) is 10.3 Å². The van der Waals surface area contributed by atoms with E-state index in [-0.39, 0.29) is 5.91 Å². The average molecular weight is 240 g/mol. The molecular weight excluding hydrogens is 224 g/mol. The maximum absolute atomic E-state index is 11.5. The second-order valence-corrected chi connectivity index (χ2v) is 4.63. The summed E-state index contributed by atoms with van der Waals surface area (Å²) in [5.74, 6) is -0.115. The van der Waals surface area contributed by atoms with Crippen molar-refractivity contribution in [3.63, 3.8) is 0 Å². The van der Waals surface area contributed by atoms with Gasteiger partial charge in [0.1, 0.15) is 5.69 Å². The summed E-state index contributed by atoms with van der Waals surface area (Å²) in [6.45, 7) is 1.16. The molecule has 0 spiro atoms. The smallest absolute Gasteiger partial charge is 0.270 e. The van der Waals surface area contributed by atoms with Crippen LogP contribution in [-0.2, 0) is 4.74 Å². The summed E-state index contributed by atoms with van der Waals surface area (Å²) in [6, 6.07) is 0. The highest BCUT2D eigenvalue weighted by atomic mass is 32.1. The second-order valence-electron chi connectivity index (χ2n) is 3.91. The van der Waals surface area contributed by atoms with Gasteiger partial charge in [0.2, 0.25) is 0 Å². The Morgan fingerprint density at radius 1 is 1.56 bits per heavy atom. The van der Waals surface area contributed by atoms with Gasteiger partial charge in [-0.2, -0.15) is 0 Å². The van der Waals surface area contributed by atoms with Crippen LogP contribution in [0, 0.1) is 0 Å². The van der Waals surface area contributed by atoms with Crippen molar-refractivity contribution < 1.29 is 9.53 Å². The van der Waals surface area contributed by atoms with Gasteiger partial charge in [0.25, 0.3) is 5.91 Å². The molecule has 1 aromatic heterocycles. The van der Waals surface area contributed by atoms with Crippen LogP contribution in [-0.4, -0.2) is 30.1 Å². The lowest BCUT2D eigenvalue weighted by atomic mass is 10.3. The zero-order valence-electron chi connectivity index (χ0n) is 9.15. The summed E-state index contributed by atoms with van der Waals surface area (Å²) in [5, 5.41) is 4.53. The van der Waals surface area contributed by atoms with Gasteiger partial charge >= 0.3 is 0 Å². The Kier molecular flexibility index (Phi) is 4.30. The number of hydrogen-bond donors (Lipinski definition) is 1. The molecule has 1 amide bonds. The fourth-order valence-electron chi connectivity index (χ4n) is 1.86. The number of amides is 1. The number of aromatic nitrogens is 1. The van der Waals surface area contributed by atoms with Crippen LogP contribution in [0.1, 0.15) is 36.2 Å². The van der Waals surface area contributed by atoms with E-state index in [0.29, 0.717) is 24.9 Å². The minimum atomic E-state index is -0.115. The molecule has 1 heterocycles. The first-order valence-corrected chi connectivity index (χ1v) is 6.58. The minimum Gasteiger partial charge on any atom is -0.376 e. The zero-order chi connectivity index (χ0) is 11.2. The maximum atomic E-state index is 11.5. The molecule has 1 aliphatic carbocycles. The monoisotopic (exact) mass is 240 g/mol. The molecule has 0 unspecified atom stereocenters. The molecule has 1 fully saturated rings. The number of rotatable bonds is 5. The first-order chi connectivity index (χ1) is 7.86. The Morgan fingerprint density at radius 3 is 3.06 bits per heavy atom. The lowest BCUT2D eigenvalue weighted by Gasteiger charge is -2.10. The molecule has 1 aromatic rings. The second kappa shape index (κ2) is 5.96. The van der Waals surface area contributed by atoms with Crippen molar-refractivity contribution in [2.24, 2.45) is 0 Å². The summed E-state index contributed by atoms with van der Waals surface area (Å²) in [6.07, 6.45) is 5.29. The van der Waals surface area contributed by atoms with E-state index in [9.17, 15) is 4.79 Å². The van der Waals surface area contributed by atoms with E-state index in [1.165, 1.54) is 37.0 Å². The van der Waals surface area contributed by atoms with Crippen molar-refractivity contribution >= 4 is 17.2 Å². The molecule has 0 atom stereocenters. The van der Waals surface area contributed by atoms with Gasteiger partial charge < -0.3 is 10.1 Å². The lowest BCUT2D eigenvalue weighted by Crippen LogP contribution is -2.28. The standard InChI is InChI=1S/C11H16N2O2S/c14-11(10-7-16-8-13-10)12-5-6-15-9-3-1-2-4-9/h7-9H,1-6H2,(H,12,14). The Hall–Kier alpha value is -0.940. The topological polar surface area (TPSA) is 51.2 Å². The minimum absolute atomic E-state index is 0.115. The Bertz CT molecular complexity index is 321. The van der Waals surface area contributed by atoms with Crippen molar-refractivity contribution in [1.29, 1.82) is 0 Å². The van der Waals surface area contributed by atoms with Gasteiger partial charge in [-0.1, -0.05) is 12.8 Å². The first kappa shape index (κ1) is 11.5. The van der Waals surface area contributed by atoms with Crippen LogP contribution in [0.4, 0.5) is 0 Å². The van der Waals surface area contributed by atoms with Gasteiger partial charge in [-0.25, -0.2) is 4.98 Å². The van der Waals surface area contributed by atoms with Crippen molar-refractivity contribution in [2.45, 2.75) is 31.8 Å². The van der Waals surface area contributed by atoms with E-state index in [1.54, 1.807) is 10.9 Å². The van der Waals surface area contributed by atoms with E-state index in [4.69, 9.17) is 4.74 Å². The normalized spacial score (nSPS) is 16.5. The molecule has 0 radical (unpaired) electrons. The molecule has 0 aromatic carbocycles. The highest BCUT2D eigenvalue weighted by molar-refractivity contribution is 7.07. The van der Waals surface area contributed by atoms with Gasteiger partial charge in [0, 0.05) is 11.9 Å². The third kappa shape index (κ3) is 3.28. The molecule has 16 heavy (non-hydrogen) atoms. The highest BCUT2D eigenvalue weighted by Crippen LogP contribution is 2.20. The van der Waals surface area contributed by atoms with E-state index < -0.39 is 0 Å². The van der Waals surface area contributed by atoms with Crippen molar-refractivity contribution in [3.8, 4) is 0 Å². The third-order valence-electron chi connectivity index (χ3n) is 2.71. The number of carbonyl (C=O) groups is 1. The molecule has 1 N–H and O–H groups in total. The van der Waals surface area contributed by atoms with Crippen molar-refractivity contribution in [3.05, 3.63) is 16.6 Å². The average Bonchev–Trinajstić information content (AvgIpc) is 2.96. The van der Waals surface area contributed by atoms with E-state index in [0.717, 1.165) is 0 Å². The summed E-state index contributed by atoms with van der Waals surface area (Å²) in [7, 11) is 0. The van der Waals surface area contributed by atoms with E-state index in [1.807, 2.05) is 0 Å². The fourth-order valence-corrected chi connectivity index (χ4v) is 2.39. The number of carbonyl (C=O) groups excluding carboxylic acids is 1. The van der Waals surface area contributed by atoms with Crippen LogP contribution in [0.2, 0.25) is 0 Å². The molecule has 0 saturated heterocycles. The van der Waals surface area contributed by atoms with Gasteiger partial charge in [-0.15, -0.1) is 11.3 Å². The lowest BCUT2D eigenvalue weighted by molar-refractivity contribution is 0.0581. The largest absolute Gasteiger partial charge is 0.376 e. The van der Waals surface area contributed by atoms with E-state index in [2.05, 4.69) is 10.3 Å². The fraction of sp³-hybridized carbons (Fsp3) is 0.636. The number of hydrogen-bond acceptors (Lipinski definition) is 4. The van der Waals surface area contributed by atoms with Crippen LogP contribution >= 0.6 is 11.3 Å². The molecule has 88 valence electrons. The zero-order valence-corrected chi connectivity index (χ0v) is 9.96. The number of nitrogens with zero attached hydrogens (tertiary/aromatic N) is 1. The van der Waals surface area contributed by atoms with E-state index >= 15 is 0 Å². The quantitative estimate of drug-likeness (QED) is 0.799. The van der Waals surface area contributed by atoms with Gasteiger partial charge in [0.05, 0.1) is 18.2 Å². The summed E-state index contributed by atoms with van der Waals surface area (Å²) in [5.41, 5.74) is 2.15. The summed E-state index contributed by atoms with van der Waals surface area (Å²) in [4.78, 5) is 15.4. The number of ether oxygens (including phenoxy) is 1. The van der Waals surface area contributed by atoms with Gasteiger partial charge in [-0.3, -0.25) is 4.79 Å². The molecule has 4 nitrogen and oxygen atoms in total. The molecular formula is C11H16N2O2S. The Balaban J connectivity index is 1.59. The Labute approximate surface area is 99.0 Å². The molecule has 0 aliphatic heterocycles. The molecule has 1 aliphatic rings. The number of thiazole rings is 1. The summed E-state index contributed by atoms with van der Waals surface area (Å²) >= 11 is 1.42.